The third-order valence-electron chi connectivity index (χ3n) is 6.03. The zero-order valence-electron chi connectivity index (χ0n) is 18.2. The van der Waals surface area contributed by atoms with E-state index >= 15 is 0 Å². The molecule has 6 nitrogen and oxygen atoms in total. The molecule has 2 aliphatic heterocycles. The molecule has 2 aliphatic rings. The quantitative estimate of drug-likeness (QED) is 0.741. The molecule has 32 heavy (non-hydrogen) atoms. The van der Waals surface area contributed by atoms with E-state index < -0.39 is 5.82 Å². The van der Waals surface area contributed by atoms with Gasteiger partial charge in [-0.25, -0.2) is 4.39 Å². The number of rotatable bonds is 4. The number of benzene rings is 2. The van der Waals surface area contributed by atoms with E-state index in [1.54, 1.807) is 11.0 Å². The average Bonchev–Trinajstić information content (AvgIpc) is 2.75. The maximum Gasteiger partial charge on any atom is 0.254 e. The molecule has 0 spiro atoms. The number of amides is 2. The van der Waals surface area contributed by atoms with E-state index in [0.29, 0.717) is 13.1 Å². The van der Waals surface area contributed by atoms with E-state index in [2.05, 4.69) is 11.8 Å². The number of aliphatic hydroxyl groups is 1. The Morgan fingerprint density at radius 3 is 2.62 bits per heavy atom. The molecule has 2 saturated heterocycles. The fourth-order valence-corrected chi connectivity index (χ4v) is 4.55. The second-order valence-electron chi connectivity index (χ2n) is 8.50. The van der Waals surface area contributed by atoms with Gasteiger partial charge in [0.05, 0.1) is 25.2 Å². The predicted molar refractivity (Wildman–Crippen MR) is 118 cm³/mol. The largest absolute Gasteiger partial charge is 0.394 e. The molecule has 0 radical (unpaired) electrons. The molecule has 7 heteroatoms. The molecule has 3 atom stereocenters. The maximum absolute atomic E-state index is 13.6. The van der Waals surface area contributed by atoms with Gasteiger partial charge in [0, 0.05) is 23.6 Å². The zero-order valence-corrected chi connectivity index (χ0v) is 18.2. The fraction of sp³-hybridized carbons (Fsp3) is 0.360. The first-order chi connectivity index (χ1) is 15.4. The predicted octanol–water partition coefficient (Wildman–Crippen LogP) is 1.55. The molecule has 1 N–H and O–H groups in total. The highest BCUT2D eigenvalue weighted by Gasteiger charge is 2.54. The van der Waals surface area contributed by atoms with Crippen LogP contribution in [0.15, 0.2) is 48.5 Å². The second kappa shape index (κ2) is 9.11. The van der Waals surface area contributed by atoms with Crippen molar-refractivity contribution in [1.29, 1.82) is 0 Å². The van der Waals surface area contributed by atoms with Crippen molar-refractivity contribution in [2.24, 2.45) is 0 Å². The summed E-state index contributed by atoms with van der Waals surface area (Å²) in [6.07, 6.45) is 0. The molecule has 0 saturated carbocycles. The summed E-state index contributed by atoms with van der Waals surface area (Å²) in [6.45, 7) is 0.794. The molecular weight excluding hydrogens is 409 g/mol. The van der Waals surface area contributed by atoms with Crippen LogP contribution in [0.4, 0.5) is 4.39 Å². The lowest BCUT2D eigenvalue weighted by Gasteiger charge is -2.58. The summed E-state index contributed by atoms with van der Waals surface area (Å²) in [6, 6.07) is 12.8. The number of hydrogen-bond acceptors (Lipinski definition) is 4. The van der Waals surface area contributed by atoms with Crippen molar-refractivity contribution in [3.05, 3.63) is 71.0 Å². The van der Waals surface area contributed by atoms with Crippen LogP contribution in [0.25, 0.3) is 0 Å². The lowest BCUT2D eigenvalue weighted by Crippen LogP contribution is -2.73. The van der Waals surface area contributed by atoms with Crippen LogP contribution in [0.5, 0.6) is 0 Å². The van der Waals surface area contributed by atoms with Crippen LogP contribution in [0, 0.1) is 17.7 Å². The van der Waals surface area contributed by atoms with E-state index in [0.717, 1.165) is 11.1 Å². The summed E-state index contributed by atoms with van der Waals surface area (Å²) < 4.78 is 13.6. The normalized spacial score (nSPS) is 22.2. The van der Waals surface area contributed by atoms with Crippen LogP contribution in [-0.4, -0.2) is 84.0 Å². The molecule has 2 heterocycles. The van der Waals surface area contributed by atoms with Gasteiger partial charge < -0.3 is 14.9 Å². The Morgan fingerprint density at radius 1 is 1.22 bits per heavy atom. The molecular formula is C25H26FN3O3. The van der Waals surface area contributed by atoms with E-state index in [1.165, 1.54) is 23.1 Å². The summed E-state index contributed by atoms with van der Waals surface area (Å²) in [7, 11) is 3.92. The van der Waals surface area contributed by atoms with Gasteiger partial charge in [0.2, 0.25) is 5.91 Å². The van der Waals surface area contributed by atoms with Gasteiger partial charge >= 0.3 is 0 Å². The van der Waals surface area contributed by atoms with Crippen molar-refractivity contribution in [2.45, 2.75) is 18.0 Å². The highest BCUT2D eigenvalue weighted by atomic mass is 19.1. The summed E-state index contributed by atoms with van der Waals surface area (Å²) >= 11 is 0. The summed E-state index contributed by atoms with van der Waals surface area (Å²) in [4.78, 5) is 30.8. The Hall–Kier alpha value is -3.21. The third kappa shape index (κ3) is 4.24. The highest BCUT2D eigenvalue weighted by Crippen LogP contribution is 2.43. The monoisotopic (exact) mass is 435 g/mol. The molecule has 2 amide bonds. The van der Waals surface area contributed by atoms with Gasteiger partial charge in [-0.2, -0.15) is 0 Å². The first-order valence-corrected chi connectivity index (χ1v) is 10.6. The van der Waals surface area contributed by atoms with Crippen LogP contribution >= 0.6 is 0 Å². The minimum Gasteiger partial charge on any atom is -0.394 e. The Balaban J connectivity index is 1.53. The Bertz CT molecular complexity index is 1070. The van der Waals surface area contributed by atoms with Crippen LogP contribution in [-0.2, 0) is 4.79 Å². The molecule has 2 aromatic carbocycles. The number of carbonyl (C=O) groups is 2. The summed E-state index contributed by atoms with van der Waals surface area (Å²) in [5.74, 6) is 5.08. The van der Waals surface area contributed by atoms with Crippen molar-refractivity contribution < 1.29 is 19.1 Å². The number of hydrogen-bond donors (Lipinski definition) is 1. The highest BCUT2D eigenvalue weighted by molar-refractivity contribution is 5.97. The second-order valence-corrected chi connectivity index (χ2v) is 8.50. The Kier molecular flexibility index (Phi) is 6.26. The van der Waals surface area contributed by atoms with Gasteiger partial charge in [0.1, 0.15) is 12.4 Å². The lowest BCUT2D eigenvalue weighted by atomic mass is 9.73. The topological polar surface area (TPSA) is 64.1 Å². The number of piperazine rings is 1. The van der Waals surface area contributed by atoms with Crippen molar-refractivity contribution in [2.75, 3.05) is 40.3 Å². The van der Waals surface area contributed by atoms with Gasteiger partial charge in [-0.1, -0.05) is 30.0 Å². The van der Waals surface area contributed by atoms with Crippen LogP contribution < -0.4 is 0 Å². The summed E-state index contributed by atoms with van der Waals surface area (Å²) in [5.41, 5.74) is 2.12. The van der Waals surface area contributed by atoms with Gasteiger partial charge in [0.25, 0.3) is 5.91 Å². The van der Waals surface area contributed by atoms with Gasteiger partial charge in [-0.15, -0.1) is 0 Å². The number of aliphatic hydroxyl groups excluding tert-OH is 1. The average molecular weight is 435 g/mol. The Morgan fingerprint density at radius 2 is 1.97 bits per heavy atom. The van der Waals surface area contributed by atoms with Crippen molar-refractivity contribution in [3.8, 4) is 11.8 Å². The van der Waals surface area contributed by atoms with Crippen LogP contribution in [0.2, 0.25) is 0 Å². The van der Waals surface area contributed by atoms with Crippen LogP contribution in [0.3, 0.4) is 0 Å². The molecule has 2 aromatic rings. The lowest BCUT2D eigenvalue weighted by molar-refractivity contribution is -0.159. The van der Waals surface area contributed by atoms with Crippen LogP contribution in [0.1, 0.15) is 27.4 Å². The first-order valence-electron chi connectivity index (χ1n) is 10.6. The van der Waals surface area contributed by atoms with Crippen molar-refractivity contribution in [1.82, 2.24) is 14.7 Å². The standard InChI is InChI=1S/C25H26FN3O3/c1-27(2)12-4-5-17-8-10-18(11-9-17)24-21-14-28(15-23(31)29(21)22(24)16-30)25(32)19-6-3-7-20(26)13-19/h3,6-11,13,21-22,24,30H,12,14-16H2,1-2H3/t21-,22+,24+/m0/s1. The SMILES string of the molecule is CN(C)CC#Cc1ccc([C@H]2[C@@H](CO)N3C(=O)CN(C(=O)c4cccc(F)c4)C[C@@H]23)cc1. The molecule has 166 valence electrons. The fourth-order valence-electron chi connectivity index (χ4n) is 4.55. The van der Waals surface area contributed by atoms with Gasteiger partial charge in [-0.05, 0) is 50.0 Å². The van der Waals surface area contributed by atoms with Gasteiger partial charge in [-0.3, -0.25) is 14.5 Å². The smallest absolute Gasteiger partial charge is 0.254 e. The number of fused-ring (bicyclic) bond motifs is 1. The van der Waals surface area contributed by atoms with Crippen molar-refractivity contribution >= 4 is 11.8 Å². The van der Waals surface area contributed by atoms with Crippen molar-refractivity contribution in [3.63, 3.8) is 0 Å². The minimum absolute atomic E-state index is 0.0739. The molecule has 0 aromatic heterocycles. The molecule has 0 aliphatic carbocycles. The zero-order chi connectivity index (χ0) is 22.8. The number of halogens is 1. The maximum atomic E-state index is 13.6. The van der Waals surface area contributed by atoms with E-state index in [1.807, 2.05) is 43.3 Å². The first kappa shape index (κ1) is 22.0. The number of nitrogens with zero attached hydrogens (tertiary/aromatic N) is 3. The molecule has 0 unspecified atom stereocenters. The summed E-state index contributed by atoms with van der Waals surface area (Å²) in [5, 5.41) is 9.94. The van der Waals surface area contributed by atoms with E-state index in [9.17, 15) is 19.1 Å². The number of carbonyl (C=O) groups excluding carboxylic acids is 2. The molecule has 2 fully saturated rings. The minimum atomic E-state index is -0.489. The van der Waals surface area contributed by atoms with E-state index in [4.69, 9.17) is 0 Å². The third-order valence-corrected chi connectivity index (χ3v) is 6.03. The molecule has 4 rings (SSSR count). The molecule has 0 bridgehead atoms. The van der Waals surface area contributed by atoms with Gasteiger partial charge in [0.15, 0.2) is 0 Å². The Labute approximate surface area is 187 Å². The van der Waals surface area contributed by atoms with E-state index in [-0.39, 0.29) is 48.5 Å².